The minimum absolute atomic E-state index is 0.127. The number of urea groups is 1. The summed E-state index contributed by atoms with van der Waals surface area (Å²) in [5, 5.41) is 18.9. The summed E-state index contributed by atoms with van der Waals surface area (Å²) in [4.78, 5) is 17.5. The molecule has 1 fully saturated rings. The Kier molecular flexibility index (Phi) is 8.09. The number of hydrogen-bond donors (Lipinski definition) is 3. The molecule has 0 aliphatic carbocycles. The van der Waals surface area contributed by atoms with Crippen molar-refractivity contribution in [2.24, 2.45) is 0 Å². The van der Waals surface area contributed by atoms with Gasteiger partial charge in [0.05, 0.1) is 6.04 Å². The molecule has 1 aliphatic rings. The number of carbonyl (C=O) groups excluding carboxylic acids is 1. The lowest BCUT2D eigenvalue weighted by Gasteiger charge is -2.44. The molecule has 186 valence electrons. The number of benzene rings is 3. The van der Waals surface area contributed by atoms with Crippen molar-refractivity contribution >= 4 is 17.4 Å². The molecule has 7 heteroatoms. The van der Waals surface area contributed by atoms with Gasteiger partial charge in [0.2, 0.25) is 0 Å². The molecule has 0 spiro atoms. The summed E-state index contributed by atoms with van der Waals surface area (Å²) in [7, 11) is 0. The highest BCUT2D eigenvalue weighted by Gasteiger charge is 2.34. The predicted octanol–water partition coefficient (Wildman–Crippen LogP) is 5.48. The fraction of sp³-hybridized carbons (Fsp3) is 0.310. The Morgan fingerprint density at radius 1 is 0.972 bits per heavy atom. The van der Waals surface area contributed by atoms with Crippen molar-refractivity contribution in [1.29, 1.82) is 5.26 Å². The Morgan fingerprint density at radius 3 is 2.33 bits per heavy atom. The number of piperazine rings is 1. The van der Waals surface area contributed by atoms with Gasteiger partial charge in [0.15, 0.2) is 12.5 Å². The number of nitrogens with one attached hydrogen (secondary N) is 3. The summed E-state index contributed by atoms with van der Waals surface area (Å²) >= 11 is 0. The van der Waals surface area contributed by atoms with E-state index in [0.717, 1.165) is 22.5 Å². The standard InChI is InChI=1S/C29H34N6O/c1-21(2)23-13-15-25(16-14-23)32-29(36)35-18-17-34(19-27(35)24-10-5-4-6-11-24)28(31-20-30)33-26-12-8-7-9-22(26)3/h4-16,21,27-28,31,33H,17-19H2,1-3H3,(H,32,36). The predicted molar refractivity (Wildman–Crippen MR) is 144 cm³/mol. The maximum absolute atomic E-state index is 13.4. The van der Waals surface area contributed by atoms with Crippen LogP contribution in [0.15, 0.2) is 78.9 Å². The zero-order valence-corrected chi connectivity index (χ0v) is 21.1. The van der Waals surface area contributed by atoms with Crippen LogP contribution in [0.2, 0.25) is 0 Å². The minimum atomic E-state index is -0.392. The van der Waals surface area contributed by atoms with Crippen LogP contribution < -0.4 is 16.0 Å². The largest absolute Gasteiger partial charge is 0.352 e. The average molecular weight is 483 g/mol. The molecule has 7 nitrogen and oxygen atoms in total. The smallest absolute Gasteiger partial charge is 0.322 e. The van der Waals surface area contributed by atoms with E-state index in [-0.39, 0.29) is 12.1 Å². The highest BCUT2D eigenvalue weighted by molar-refractivity contribution is 5.89. The number of amides is 2. The number of hydrogen-bond acceptors (Lipinski definition) is 5. The third-order valence-corrected chi connectivity index (χ3v) is 6.69. The topological polar surface area (TPSA) is 83.4 Å². The van der Waals surface area contributed by atoms with Crippen LogP contribution in [-0.4, -0.2) is 41.8 Å². The van der Waals surface area contributed by atoms with E-state index < -0.39 is 6.29 Å². The number of nitriles is 1. The highest BCUT2D eigenvalue weighted by atomic mass is 16.2. The summed E-state index contributed by atoms with van der Waals surface area (Å²) < 4.78 is 0. The maximum Gasteiger partial charge on any atom is 0.322 e. The lowest BCUT2D eigenvalue weighted by Crippen LogP contribution is -2.59. The monoisotopic (exact) mass is 482 g/mol. The fourth-order valence-electron chi connectivity index (χ4n) is 4.55. The third kappa shape index (κ3) is 5.96. The Balaban J connectivity index is 1.54. The molecule has 0 aromatic heterocycles. The van der Waals surface area contributed by atoms with Gasteiger partial charge >= 0.3 is 6.03 Å². The number of carbonyl (C=O) groups is 1. The van der Waals surface area contributed by atoms with Crippen LogP contribution in [-0.2, 0) is 0 Å². The minimum Gasteiger partial charge on any atom is -0.352 e. The normalized spacial score (nSPS) is 16.8. The van der Waals surface area contributed by atoms with Crippen molar-refractivity contribution in [2.45, 2.75) is 39.0 Å². The van der Waals surface area contributed by atoms with Gasteiger partial charge in [-0.1, -0.05) is 74.5 Å². The molecule has 2 amide bonds. The van der Waals surface area contributed by atoms with Gasteiger partial charge < -0.3 is 15.5 Å². The first-order chi connectivity index (χ1) is 17.5. The van der Waals surface area contributed by atoms with Crippen LogP contribution in [0.4, 0.5) is 16.2 Å². The lowest BCUT2D eigenvalue weighted by molar-refractivity contribution is 0.0733. The zero-order chi connectivity index (χ0) is 25.5. The van der Waals surface area contributed by atoms with Gasteiger partial charge in [-0.25, -0.2) is 4.79 Å². The maximum atomic E-state index is 13.4. The van der Waals surface area contributed by atoms with E-state index in [1.807, 2.05) is 78.6 Å². The van der Waals surface area contributed by atoms with Gasteiger partial charge in [0.25, 0.3) is 0 Å². The van der Waals surface area contributed by atoms with Gasteiger partial charge in [-0.15, -0.1) is 0 Å². The lowest BCUT2D eigenvalue weighted by atomic mass is 10.0. The molecule has 2 atom stereocenters. The molecule has 0 saturated carbocycles. The van der Waals surface area contributed by atoms with E-state index in [4.69, 9.17) is 0 Å². The van der Waals surface area contributed by atoms with Gasteiger partial charge in [-0.3, -0.25) is 10.2 Å². The van der Waals surface area contributed by atoms with Crippen molar-refractivity contribution in [3.63, 3.8) is 0 Å². The van der Waals surface area contributed by atoms with E-state index in [1.165, 1.54) is 5.56 Å². The van der Waals surface area contributed by atoms with Crippen LogP contribution in [0.25, 0.3) is 0 Å². The highest BCUT2D eigenvalue weighted by Crippen LogP contribution is 2.28. The molecular weight excluding hydrogens is 448 g/mol. The molecule has 3 aromatic carbocycles. The summed E-state index contributed by atoms with van der Waals surface area (Å²) in [6.07, 6.45) is 1.70. The van der Waals surface area contributed by atoms with Crippen LogP contribution in [0.5, 0.6) is 0 Å². The van der Waals surface area contributed by atoms with E-state index >= 15 is 0 Å². The SMILES string of the molecule is Cc1ccccc1NC(NC#N)N1CCN(C(=O)Nc2ccc(C(C)C)cc2)C(c2ccccc2)C1. The molecule has 3 aromatic rings. The Bertz CT molecular complexity index is 1190. The summed E-state index contributed by atoms with van der Waals surface area (Å²) in [6.45, 7) is 8.05. The molecule has 4 rings (SSSR count). The first-order valence-corrected chi connectivity index (χ1v) is 12.4. The van der Waals surface area contributed by atoms with E-state index in [2.05, 4.69) is 53.0 Å². The molecule has 1 aliphatic heterocycles. The van der Waals surface area contributed by atoms with Crippen molar-refractivity contribution in [1.82, 2.24) is 15.1 Å². The van der Waals surface area contributed by atoms with Gasteiger partial charge in [0.1, 0.15) is 0 Å². The fourth-order valence-corrected chi connectivity index (χ4v) is 4.55. The number of anilines is 2. The first kappa shape index (κ1) is 25.1. The summed E-state index contributed by atoms with van der Waals surface area (Å²) in [5.41, 5.74) is 5.14. The second kappa shape index (κ2) is 11.6. The molecule has 3 N–H and O–H groups in total. The van der Waals surface area contributed by atoms with Crippen LogP contribution >= 0.6 is 0 Å². The van der Waals surface area contributed by atoms with E-state index in [9.17, 15) is 10.1 Å². The van der Waals surface area contributed by atoms with Crippen molar-refractivity contribution in [3.05, 3.63) is 95.6 Å². The molecule has 0 radical (unpaired) electrons. The Labute approximate surface area is 213 Å². The zero-order valence-electron chi connectivity index (χ0n) is 21.1. The summed E-state index contributed by atoms with van der Waals surface area (Å²) in [6, 6.07) is 25.8. The second-order valence-electron chi connectivity index (χ2n) is 9.44. The van der Waals surface area contributed by atoms with Crippen LogP contribution in [0.3, 0.4) is 0 Å². The number of rotatable bonds is 7. The quantitative estimate of drug-likeness (QED) is 0.236. The van der Waals surface area contributed by atoms with Crippen LogP contribution in [0.1, 0.15) is 42.5 Å². The van der Waals surface area contributed by atoms with Gasteiger partial charge in [-0.2, -0.15) is 5.26 Å². The molecule has 1 heterocycles. The third-order valence-electron chi connectivity index (χ3n) is 6.69. The van der Waals surface area contributed by atoms with Gasteiger partial charge in [-0.05, 0) is 47.7 Å². The Morgan fingerprint density at radius 2 is 1.67 bits per heavy atom. The molecule has 1 saturated heterocycles. The number of aryl methyl sites for hydroxylation is 1. The first-order valence-electron chi connectivity index (χ1n) is 12.4. The molecule has 2 unspecified atom stereocenters. The van der Waals surface area contributed by atoms with Gasteiger partial charge in [0, 0.05) is 31.0 Å². The van der Waals surface area contributed by atoms with E-state index in [1.54, 1.807) is 0 Å². The second-order valence-corrected chi connectivity index (χ2v) is 9.44. The van der Waals surface area contributed by atoms with Crippen molar-refractivity contribution in [3.8, 4) is 6.19 Å². The number of para-hydroxylation sites is 1. The van der Waals surface area contributed by atoms with Crippen LogP contribution in [0, 0.1) is 18.4 Å². The molecule has 0 bridgehead atoms. The van der Waals surface area contributed by atoms with E-state index in [0.29, 0.717) is 25.6 Å². The molecule has 36 heavy (non-hydrogen) atoms. The number of nitrogens with zero attached hydrogens (tertiary/aromatic N) is 3. The van der Waals surface area contributed by atoms with Crippen molar-refractivity contribution in [2.75, 3.05) is 30.3 Å². The summed E-state index contributed by atoms with van der Waals surface area (Å²) in [5.74, 6) is 0.438. The van der Waals surface area contributed by atoms with Crippen molar-refractivity contribution < 1.29 is 4.79 Å². The molecular formula is C29H34N6O. The Hall–Kier alpha value is -4.02. The average Bonchev–Trinajstić information content (AvgIpc) is 2.90.